The Labute approximate surface area is 256 Å². The van der Waals surface area contributed by atoms with Crippen LogP contribution < -0.4 is 5.73 Å². The molecule has 2 N–H and O–H groups in total. The van der Waals surface area contributed by atoms with E-state index in [2.05, 4.69) is 60.5 Å². The molecule has 1 aromatic heterocycles. The first-order chi connectivity index (χ1) is 20.4. The smallest absolute Gasteiger partial charge is 0.144 e. The molecule has 0 unspecified atom stereocenters. The molecule has 0 saturated carbocycles. The maximum Gasteiger partial charge on any atom is 0.144 e. The Bertz CT molecular complexity index is 1750. The van der Waals surface area contributed by atoms with Crippen molar-refractivity contribution in [1.29, 1.82) is 0 Å². The summed E-state index contributed by atoms with van der Waals surface area (Å²) in [5, 5.41) is 0.724. The van der Waals surface area contributed by atoms with E-state index in [9.17, 15) is 0 Å². The van der Waals surface area contributed by atoms with Gasteiger partial charge in [0.15, 0.2) is 0 Å². The third-order valence-electron chi connectivity index (χ3n) is 8.31. The minimum absolute atomic E-state index is 0.238. The van der Waals surface area contributed by atoms with Crippen molar-refractivity contribution in [1.82, 2.24) is 9.55 Å². The van der Waals surface area contributed by atoms with E-state index in [1.165, 1.54) is 16.7 Å². The zero-order valence-electron chi connectivity index (χ0n) is 23.9. The molecule has 0 amide bonds. The van der Waals surface area contributed by atoms with Crippen molar-refractivity contribution < 1.29 is 4.39 Å². The van der Waals surface area contributed by atoms with Crippen LogP contribution in [-0.2, 0) is 19.3 Å². The van der Waals surface area contributed by atoms with Gasteiger partial charge < -0.3 is 10.3 Å². The fraction of sp³-hybridized carbons (Fsp3) is 0.250. The number of aryl methyl sites for hydroxylation is 3. The van der Waals surface area contributed by atoms with Crippen LogP contribution in [0.4, 0.5) is 4.39 Å². The SMILES string of the molecule is C=C(N)c1ccc2c(c1)nc(-c1ccc(CCc3cc(CC)ccc3-c3ccc(Cl)cc3)cc1F)n2C1CCSCC1. The first-order valence-corrected chi connectivity index (χ1v) is 16.2. The van der Waals surface area contributed by atoms with Gasteiger partial charge in [0.1, 0.15) is 11.6 Å². The van der Waals surface area contributed by atoms with E-state index in [0.717, 1.165) is 76.4 Å². The van der Waals surface area contributed by atoms with Gasteiger partial charge >= 0.3 is 0 Å². The van der Waals surface area contributed by atoms with Crippen molar-refractivity contribution in [2.75, 3.05) is 11.5 Å². The number of halogens is 2. The Balaban J connectivity index is 1.32. The van der Waals surface area contributed by atoms with Gasteiger partial charge in [-0.25, -0.2) is 9.37 Å². The van der Waals surface area contributed by atoms with Crippen molar-refractivity contribution in [3.05, 3.63) is 119 Å². The van der Waals surface area contributed by atoms with Gasteiger partial charge in [-0.3, -0.25) is 0 Å². The number of hydrogen-bond acceptors (Lipinski definition) is 3. The van der Waals surface area contributed by atoms with E-state index in [1.807, 2.05) is 42.1 Å². The molecule has 214 valence electrons. The average molecular weight is 596 g/mol. The predicted octanol–water partition coefficient (Wildman–Crippen LogP) is 9.51. The fourth-order valence-corrected chi connectivity index (χ4v) is 7.17. The van der Waals surface area contributed by atoms with Gasteiger partial charge in [-0.2, -0.15) is 11.8 Å². The molecule has 4 aromatic carbocycles. The molecule has 1 fully saturated rings. The second-order valence-electron chi connectivity index (χ2n) is 11.0. The number of benzene rings is 4. The molecule has 2 heterocycles. The minimum atomic E-state index is -0.238. The minimum Gasteiger partial charge on any atom is -0.399 e. The summed E-state index contributed by atoms with van der Waals surface area (Å²) in [7, 11) is 0. The van der Waals surface area contributed by atoms with E-state index >= 15 is 4.39 Å². The normalized spacial score (nSPS) is 14.0. The van der Waals surface area contributed by atoms with Crippen LogP contribution >= 0.6 is 23.4 Å². The van der Waals surface area contributed by atoms with Crippen LogP contribution in [0.5, 0.6) is 0 Å². The second kappa shape index (κ2) is 12.4. The molecule has 1 saturated heterocycles. The van der Waals surface area contributed by atoms with E-state index in [1.54, 1.807) is 6.07 Å². The number of aromatic nitrogens is 2. The summed E-state index contributed by atoms with van der Waals surface area (Å²) in [5.74, 6) is 2.64. The van der Waals surface area contributed by atoms with Crippen molar-refractivity contribution >= 4 is 40.1 Å². The summed E-state index contributed by atoms with van der Waals surface area (Å²) in [5.41, 5.74) is 15.6. The Morgan fingerprint density at radius 2 is 1.69 bits per heavy atom. The number of imidazole rings is 1. The largest absolute Gasteiger partial charge is 0.399 e. The number of hydrogen-bond donors (Lipinski definition) is 1. The lowest BCUT2D eigenvalue weighted by Crippen LogP contribution is -2.16. The van der Waals surface area contributed by atoms with E-state index in [0.29, 0.717) is 17.1 Å². The van der Waals surface area contributed by atoms with Crippen LogP contribution in [0.3, 0.4) is 0 Å². The van der Waals surface area contributed by atoms with Gasteiger partial charge in [0.05, 0.1) is 16.6 Å². The van der Waals surface area contributed by atoms with Crippen molar-refractivity contribution in [2.24, 2.45) is 5.73 Å². The van der Waals surface area contributed by atoms with Crippen LogP contribution in [0.15, 0.2) is 85.4 Å². The van der Waals surface area contributed by atoms with Crippen LogP contribution in [0.25, 0.3) is 39.2 Å². The molecule has 1 aliphatic rings. The molecule has 0 radical (unpaired) electrons. The molecule has 0 atom stereocenters. The lowest BCUT2D eigenvalue weighted by Gasteiger charge is -2.25. The Kier molecular flexibility index (Phi) is 8.41. The third kappa shape index (κ3) is 5.86. The molecular weight excluding hydrogens is 561 g/mol. The van der Waals surface area contributed by atoms with Gasteiger partial charge in [-0.15, -0.1) is 0 Å². The molecule has 0 bridgehead atoms. The molecule has 0 spiro atoms. The Hall–Kier alpha value is -3.54. The number of fused-ring (bicyclic) bond motifs is 1. The quantitative estimate of drug-likeness (QED) is 0.194. The Morgan fingerprint density at radius 3 is 2.40 bits per heavy atom. The third-order valence-corrected chi connectivity index (χ3v) is 9.61. The van der Waals surface area contributed by atoms with E-state index in [-0.39, 0.29) is 11.9 Å². The first-order valence-electron chi connectivity index (χ1n) is 14.6. The molecule has 6 rings (SSSR count). The number of thioether (sulfide) groups is 1. The zero-order valence-corrected chi connectivity index (χ0v) is 25.4. The van der Waals surface area contributed by atoms with Crippen molar-refractivity contribution in [3.8, 4) is 22.5 Å². The van der Waals surface area contributed by atoms with Gasteiger partial charge in [0.25, 0.3) is 0 Å². The molecule has 5 aromatic rings. The summed E-state index contributed by atoms with van der Waals surface area (Å²) in [6.07, 6.45) is 4.61. The topological polar surface area (TPSA) is 43.8 Å². The van der Waals surface area contributed by atoms with E-state index < -0.39 is 0 Å². The summed E-state index contributed by atoms with van der Waals surface area (Å²) in [6, 6.07) is 26.6. The lowest BCUT2D eigenvalue weighted by molar-refractivity contribution is 0.484. The van der Waals surface area contributed by atoms with Gasteiger partial charge in [0, 0.05) is 16.8 Å². The van der Waals surface area contributed by atoms with Gasteiger partial charge in [-0.1, -0.05) is 67.6 Å². The van der Waals surface area contributed by atoms with Crippen molar-refractivity contribution in [3.63, 3.8) is 0 Å². The highest BCUT2D eigenvalue weighted by Crippen LogP contribution is 2.37. The second-order valence-corrected chi connectivity index (χ2v) is 12.7. The average Bonchev–Trinajstić information content (AvgIpc) is 3.39. The highest BCUT2D eigenvalue weighted by atomic mass is 35.5. The van der Waals surface area contributed by atoms with Gasteiger partial charge in [0.2, 0.25) is 0 Å². The van der Waals surface area contributed by atoms with Crippen LogP contribution in [-0.4, -0.2) is 21.1 Å². The molecular formula is C36H35ClFN3S. The summed E-state index contributed by atoms with van der Waals surface area (Å²) >= 11 is 8.12. The standard InChI is InChI=1S/C36H35ClFN3S/c1-3-24-5-13-31(26-8-11-29(37)12-9-26)28(20-24)7-4-25-6-14-32(33(38)21-25)36-40-34-22-27(23(2)39)10-15-35(34)41(36)30-16-18-42-19-17-30/h5-6,8-15,20-22,30H,2-4,7,16-19,39H2,1H3. The van der Waals surface area contributed by atoms with E-state index in [4.69, 9.17) is 22.3 Å². The van der Waals surface area contributed by atoms with Crippen LogP contribution in [0.1, 0.15) is 48.1 Å². The predicted molar refractivity (Wildman–Crippen MR) is 178 cm³/mol. The maximum absolute atomic E-state index is 15.9. The van der Waals surface area contributed by atoms with Crippen LogP contribution in [0.2, 0.25) is 5.02 Å². The molecule has 42 heavy (non-hydrogen) atoms. The Morgan fingerprint density at radius 1 is 0.952 bits per heavy atom. The fourth-order valence-electron chi connectivity index (χ4n) is 5.96. The number of rotatable bonds is 8. The highest BCUT2D eigenvalue weighted by molar-refractivity contribution is 7.99. The maximum atomic E-state index is 15.9. The molecule has 0 aliphatic carbocycles. The summed E-state index contributed by atoms with van der Waals surface area (Å²) in [6.45, 7) is 6.05. The summed E-state index contributed by atoms with van der Waals surface area (Å²) < 4.78 is 18.2. The van der Waals surface area contributed by atoms with Crippen molar-refractivity contribution in [2.45, 2.75) is 45.1 Å². The molecule has 6 heteroatoms. The summed E-state index contributed by atoms with van der Waals surface area (Å²) in [4.78, 5) is 4.97. The first kappa shape index (κ1) is 28.6. The zero-order chi connectivity index (χ0) is 29.2. The highest BCUT2D eigenvalue weighted by Gasteiger charge is 2.24. The number of nitrogens with two attached hydrogens (primary N) is 1. The lowest BCUT2D eigenvalue weighted by atomic mass is 9.92. The van der Waals surface area contributed by atoms with Crippen LogP contribution in [0, 0.1) is 5.82 Å². The molecule has 3 nitrogen and oxygen atoms in total. The monoisotopic (exact) mass is 595 g/mol. The molecule has 1 aliphatic heterocycles. The number of nitrogens with zero attached hydrogens (tertiary/aromatic N) is 2. The van der Waals surface area contributed by atoms with Gasteiger partial charge in [-0.05, 0) is 113 Å².